The number of aromatic nitrogens is 3. The van der Waals surface area contributed by atoms with Crippen LogP contribution in [0.15, 0.2) is 29.4 Å². The van der Waals surface area contributed by atoms with Gasteiger partial charge in [0.1, 0.15) is 11.6 Å². The Morgan fingerprint density at radius 2 is 2.20 bits per heavy atom. The van der Waals surface area contributed by atoms with Gasteiger partial charge in [-0.3, -0.25) is 4.79 Å². The summed E-state index contributed by atoms with van der Waals surface area (Å²) in [7, 11) is 1.61. The van der Waals surface area contributed by atoms with Gasteiger partial charge in [0.2, 0.25) is 5.91 Å². The Hall–Kier alpha value is -2.06. The van der Waals surface area contributed by atoms with Gasteiger partial charge in [-0.15, -0.1) is 10.2 Å². The fourth-order valence-corrected chi connectivity index (χ4v) is 3.47. The van der Waals surface area contributed by atoms with Crippen molar-refractivity contribution in [3.63, 3.8) is 0 Å². The molecule has 1 aromatic carbocycles. The Morgan fingerprint density at radius 1 is 1.40 bits per heavy atom. The Morgan fingerprint density at radius 3 is 2.88 bits per heavy atom. The number of hydrogen-bond donors (Lipinski definition) is 1. The number of hydrogen-bond acceptors (Lipinski definition) is 6. The molecule has 1 N–H and O–H groups in total. The number of nitrogens with zero attached hydrogens (tertiary/aromatic N) is 3. The number of benzene rings is 1. The molecule has 1 atom stereocenters. The van der Waals surface area contributed by atoms with Gasteiger partial charge in [-0.05, 0) is 44.0 Å². The number of carbonyl (C=O) groups excluding carboxylic acids is 1. The normalized spacial score (nSPS) is 16.8. The van der Waals surface area contributed by atoms with Gasteiger partial charge in [-0.25, -0.2) is 0 Å². The summed E-state index contributed by atoms with van der Waals surface area (Å²) in [5.41, 5.74) is 0.739. The van der Waals surface area contributed by atoms with E-state index in [2.05, 4.69) is 15.5 Å². The minimum absolute atomic E-state index is 0.0838. The summed E-state index contributed by atoms with van der Waals surface area (Å²) >= 11 is 1.38. The van der Waals surface area contributed by atoms with Crippen LogP contribution in [0.5, 0.6) is 5.75 Å². The molecule has 1 amide bonds. The summed E-state index contributed by atoms with van der Waals surface area (Å²) in [6.07, 6.45) is 2.36. The molecule has 0 spiro atoms. The number of amides is 1. The Bertz CT molecular complexity index is 711. The lowest BCUT2D eigenvalue weighted by molar-refractivity contribution is -0.113. The monoisotopic (exact) mass is 362 g/mol. The number of rotatable bonds is 7. The van der Waals surface area contributed by atoms with Crippen LogP contribution in [-0.4, -0.2) is 46.2 Å². The van der Waals surface area contributed by atoms with Crippen LogP contribution in [0, 0.1) is 6.92 Å². The van der Waals surface area contributed by atoms with E-state index < -0.39 is 0 Å². The fraction of sp³-hybridized carbons (Fsp3) is 0.471. The second-order valence-corrected chi connectivity index (χ2v) is 6.78. The van der Waals surface area contributed by atoms with Crippen molar-refractivity contribution in [3.8, 4) is 5.75 Å². The molecule has 7 nitrogen and oxygen atoms in total. The summed E-state index contributed by atoms with van der Waals surface area (Å²) in [6.45, 7) is 3.48. The van der Waals surface area contributed by atoms with Crippen molar-refractivity contribution in [2.45, 2.75) is 37.6 Å². The summed E-state index contributed by atoms with van der Waals surface area (Å²) in [6, 6.07) is 7.24. The van der Waals surface area contributed by atoms with Crippen molar-refractivity contribution in [3.05, 3.63) is 30.1 Å². The highest BCUT2D eigenvalue weighted by molar-refractivity contribution is 7.99. The van der Waals surface area contributed by atoms with E-state index in [1.54, 1.807) is 7.11 Å². The van der Waals surface area contributed by atoms with E-state index in [1.807, 2.05) is 35.8 Å². The van der Waals surface area contributed by atoms with Gasteiger partial charge < -0.3 is 19.4 Å². The fourth-order valence-electron chi connectivity index (χ4n) is 2.67. The molecular weight excluding hydrogens is 340 g/mol. The van der Waals surface area contributed by atoms with Crippen molar-refractivity contribution in [1.82, 2.24) is 14.8 Å². The lowest BCUT2D eigenvalue weighted by Crippen LogP contribution is -2.18. The molecule has 134 valence electrons. The predicted octanol–water partition coefficient (Wildman–Crippen LogP) is 2.50. The molecule has 3 rings (SSSR count). The average Bonchev–Trinajstić information content (AvgIpc) is 3.25. The average molecular weight is 362 g/mol. The van der Waals surface area contributed by atoms with E-state index in [4.69, 9.17) is 9.47 Å². The third-order valence-corrected chi connectivity index (χ3v) is 4.98. The third kappa shape index (κ3) is 4.73. The summed E-state index contributed by atoms with van der Waals surface area (Å²) in [4.78, 5) is 12.2. The molecule has 1 aliphatic rings. The molecular formula is C17H22N4O3S. The molecule has 0 aliphatic carbocycles. The maximum atomic E-state index is 12.2. The number of nitrogens with one attached hydrogen (secondary N) is 1. The largest absolute Gasteiger partial charge is 0.497 e. The van der Waals surface area contributed by atoms with Crippen LogP contribution >= 0.6 is 11.8 Å². The second-order valence-electron chi connectivity index (χ2n) is 5.84. The van der Waals surface area contributed by atoms with Gasteiger partial charge in [0.15, 0.2) is 5.16 Å². The highest BCUT2D eigenvalue weighted by Crippen LogP contribution is 2.21. The summed E-state index contributed by atoms with van der Waals surface area (Å²) < 4.78 is 12.8. The van der Waals surface area contributed by atoms with E-state index in [9.17, 15) is 4.79 Å². The third-order valence-electron chi connectivity index (χ3n) is 4.02. The first-order chi connectivity index (χ1) is 12.2. The number of thioether (sulfide) groups is 1. The maximum absolute atomic E-state index is 12.2. The lowest BCUT2D eigenvalue weighted by atomic mass is 10.2. The van der Waals surface area contributed by atoms with Crippen LogP contribution in [0.2, 0.25) is 0 Å². The summed E-state index contributed by atoms with van der Waals surface area (Å²) in [5.74, 6) is 1.79. The van der Waals surface area contributed by atoms with Crippen LogP contribution in [0.4, 0.5) is 5.69 Å². The molecule has 1 aromatic heterocycles. The molecule has 1 aliphatic heterocycles. The van der Waals surface area contributed by atoms with E-state index in [0.717, 1.165) is 48.4 Å². The van der Waals surface area contributed by atoms with Crippen molar-refractivity contribution in [2.75, 3.05) is 24.8 Å². The van der Waals surface area contributed by atoms with Gasteiger partial charge in [0.05, 0.1) is 25.5 Å². The van der Waals surface area contributed by atoms with Gasteiger partial charge >= 0.3 is 0 Å². The smallest absolute Gasteiger partial charge is 0.234 e. The predicted molar refractivity (Wildman–Crippen MR) is 96.1 cm³/mol. The quantitative estimate of drug-likeness (QED) is 0.763. The molecule has 0 unspecified atom stereocenters. The first-order valence-corrected chi connectivity index (χ1v) is 9.22. The van der Waals surface area contributed by atoms with Gasteiger partial charge in [0.25, 0.3) is 0 Å². The minimum atomic E-state index is -0.0838. The van der Waals surface area contributed by atoms with E-state index in [-0.39, 0.29) is 17.8 Å². The molecule has 1 fully saturated rings. The van der Waals surface area contributed by atoms with Crippen LogP contribution in [-0.2, 0) is 16.1 Å². The van der Waals surface area contributed by atoms with Crippen LogP contribution in [0.3, 0.4) is 0 Å². The van der Waals surface area contributed by atoms with E-state index in [0.29, 0.717) is 0 Å². The van der Waals surface area contributed by atoms with Crippen molar-refractivity contribution >= 4 is 23.4 Å². The van der Waals surface area contributed by atoms with Crippen molar-refractivity contribution < 1.29 is 14.3 Å². The second kappa shape index (κ2) is 8.35. The Labute approximate surface area is 151 Å². The topological polar surface area (TPSA) is 78.3 Å². The Kier molecular flexibility index (Phi) is 5.93. The van der Waals surface area contributed by atoms with Gasteiger partial charge in [0, 0.05) is 12.3 Å². The standard InChI is InChI=1S/C17H22N4O3S/c1-12-19-20-17(21(12)10-15-4-3-9-24-15)25-11-16(22)18-13-5-7-14(23-2)8-6-13/h5-8,15H,3-4,9-11H2,1-2H3,(H,18,22)/t15-/m1/s1. The molecule has 1 saturated heterocycles. The Balaban J connectivity index is 1.54. The molecule has 2 aromatic rings. The number of carbonyl (C=O) groups is 1. The molecule has 2 heterocycles. The molecule has 8 heteroatoms. The zero-order valence-electron chi connectivity index (χ0n) is 14.4. The molecule has 0 bridgehead atoms. The SMILES string of the molecule is COc1ccc(NC(=O)CSc2nnc(C)n2C[C@H]2CCCO2)cc1. The molecule has 25 heavy (non-hydrogen) atoms. The highest BCUT2D eigenvalue weighted by atomic mass is 32.2. The maximum Gasteiger partial charge on any atom is 0.234 e. The van der Waals surface area contributed by atoms with Crippen LogP contribution < -0.4 is 10.1 Å². The van der Waals surface area contributed by atoms with Gasteiger partial charge in [-0.2, -0.15) is 0 Å². The minimum Gasteiger partial charge on any atom is -0.497 e. The molecule has 0 saturated carbocycles. The number of anilines is 1. The van der Waals surface area contributed by atoms with Crippen molar-refractivity contribution in [1.29, 1.82) is 0 Å². The number of aryl methyl sites for hydroxylation is 1. The molecule has 0 radical (unpaired) electrons. The lowest BCUT2D eigenvalue weighted by Gasteiger charge is -2.13. The zero-order chi connectivity index (χ0) is 17.6. The van der Waals surface area contributed by atoms with Crippen molar-refractivity contribution in [2.24, 2.45) is 0 Å². The van der Waals surface area contributed by atoms with E-state index in [1.165, 1.54) is 11.8 Å². The highest BCUT2D eigenvalue weighted by Gasteiger charge is 2.20. The zero-order valence-corrected chi connectivity index (χ0v) is 15.2. The first kappa shape index (κ1) is 17.8. The number of methoxy groups -OCH3 is 1. The van der Waals surface area contributed by atoms with Crippen LogP contribution in [0.25, 0.3) is 0 Å². The summed E-state index contributed by atoms with van der Waals surface area (Å²) in [5, 5.41) is 11.9. The van der Waals surface area contributed by atoms with Gasteiger partial charge in [-0.1, -0.05) is 11.8 Å². The first-order valence-electron chi connectivity index (χ1n) is 8.24. The van der Waals surface area contributed by atoms with E-state index >= 15 is 0 Å². The number of ether oxygens (including phenoxy) is 2. The van der Waals surface area contributed by atoms with Crippen LogP contribution in [0.1, 0.15) is 18.7 Å².